The molecule has 1 saturated carbocycles. The van der Waals surface area contributed by atoms with Crippen LogP contribution in [0.4, 0.5) is 15.8 Å². The van der Waals surface area contributed by atoms with E-state index in [-0.39, 0.29) is 40.1 Å². The Bertz CT molecular complexity index is 1430. The van der Waals surface area contributed by atoms with Crippen LogP contribution in [0, 0.1) is 15.9 Å². The van der Waals surface area contributed by atoms with Gasteiger partial charge in [0, 0.05) is 41.1 Å². The molecule has 4 rings (SSSR count). The second-order valence-electron chi connectivity index (χ2n) is 8.57. The Balaban J connectivity index is 1.57. The number of hydrogen-bond donors (Lipinski definition) is 4. The fourth-order valence-corrected chi connectivity index (χ4v) is 5.00. The molecule has 2 aromatic carbocycles. The van der Waals surface area contributed by atoms with Crippen molar-refractivity contribution in [3.05, 3.63) is 78.3 Å². The Morgan fingerprint density at radius 1 is 1.14 bits per heavy atom. The molecule has 1 fully saturated rings. The minimum Gasteiger partial charge on any atom is -0.376 e. The monoisotopic (exact) mass is 559 g/mol. The zero-order valence-corrected chi connectivity index (χ0v) is 20.8. The highest BCUT2D eigenvalue weighted by Gasteiger charge is 2.29. The summed E-state index contributed by atoms with van der Waals surface area (Å²) in [6.45, 7) is 0. The van der Waals surface area contributed by atoms with Gasteiger partial charge in [-0.2, -0.15) is 0 Å². The average Bonchev–Trinajstić information content (AvgIpc) is 2.84. The summed E-state index contributed by atoms with van der Waals surface area (Å²) in [6, 6.07) is 7.62. The number of anilines is 1. The number of rotatable bonds is 6. The molecule has 2 amide bonds. The van der Waals surface area contributed by atoms with Gasteiger partial charge in [0.25, 0.3) is 17.5 Å². The zero-order chi connectivity index (χ0) is 26.0. The number of nitrogens with zero attached hydrogens (tertiary/aromatic N) is 1. The molecule has 0 saturated heterocycles. The number of para-hydroxylation sites is 1. The van der Waals surface area contributed by atoms with Crippen LogP contribution >= 0.6 is 15.9 Å². The smallest absolute Gasteiger partial charge is 0.294 e. The van der Waals surface area contributed by atoms with Gasteiger partial charge >= 0.3 is 0 Å². The molecule has 0 aliphatic heterocycles. The largest absolute Gasteiger partial charge is 0.376 e. The van der Waals surface area contributed by atoms with Gasteiger partial charge in [0.2, 0.25) is 5.56 Å². The Labute approximate surface area is 212 Å². The van der Waals surface area contributed by atoms with Crippen molar-refractivity contribution in [2.24, 2.45) is 0 Å². The van der Waals surface area contributed by atoms with Crippen LogP contribution in [0.5, 0.6) is 0 Å². The van der Waals surface area contributed by atoms with Crippen molar-refractivity contribution in [1.29, 1.82) is 0 Å². The molecule has 36 heavy (non-hydrogen) atoms. The molecule has 2 atom stereocenters. The van der Waals surface area contributed by atoms with Crippen LogP contribution in [-0.2, 0) is 0 Å². The van der Waals surface area contributed by atoms with E-state index < -0.39 is 28.1 Å². The minimum atomic E-state index is -0.635. The summed E-state index contributed by atoms with van der Waals surface area (Å²) in [5, 5.41) is 20.6. The highest BCUT2D eigenvalue weighted by molar-refractivity contribution is 9.10. The molecule has 0 unspecified atom stereocenters. The van der Waals surface area contributed by atoms with Gasteiger partial charge in [-0.05, 0) is 37.8 Å². The Morgan fingerprint density at radius 2 is 1.89 bits per heavy atom. The quantitative estimate of drug-likeness (QED) is 0.266. The predicted octanol–water partition coefficient (Wildman–Crippen LogP) is 3.85. The summed E-state index contributed by atoms with van der Waals surface area (Å²) in [6.07, 6.45) is 2.48. The number of fused-ring (bicyclic) bond motifs is 1. The molecule has 188 valence electrons. The fraction of sp³-hybridized carbons (Fsp3) is 0.292. The van der Waals surface area contributed by atoms with Gasteiger partial charge in [-0.3, -0.25) is 24.5 Å². The highest BCUT2D eigenvalue weighted by atomic mass is 79.9. The third kappa shape index (κ3) is 5.23. The number of carbonyl (C=O) groups is 2. The van der Waals surface area contributed by atoms with Gasteiger partial charge in [0.15, 0.2) is 0 Å². The lowest BCUT2D eigenvalue weighted by atomic mass is 9.90. The first-order valence-electron chi connectivity index (χ1n) is 11.3. The van der Waals surface area contributed by atoms with E-state index in [2.05, 4.69) is 36.9 Å². The number of pyridine rings is 1. The van der Waals surface area contributed by atoms with Crippen LogP contribution < -0.4 is 21.5 Å². The maximum absolute atomic E-state index is 14.2. The summed E-state index contributed by atoms with van der Waals surface area (Å²) in [5.74, 6) is -1.62. The van der Waals surface area contributed by atoms with E-state index in [0.717, 1.165) is 6.07 Å². The predicted molar refractivity (Wildman–Crippen MR) is 136 cm³/mol. The Hall–Kier alpha value is -3.80. The van der Waals surface area contributed by atoms with Crippen molar-refractivity contribution in [2.75, 3.05) is 12.4 Å². The SMILES string of the molecule is CNC(=O)c1cc(Br)cc([N+](=O)[O-])c1N[C@@H]1CCC[C@H](NC(=O)c2cc(=O)[nH]c3c(F)cccc23)C1. The molecule has 4 N–H and O–H groups in total. The standard InChI is InChI=1S/C24H23BrFN5O5/c1-27-23(33)17-8-12(25)9-19(31(35)36)22(17)28-13-4-2-5-14(10-13)29-24(34)16-11-20(32)30-21-15(16)6-3-7-18(21)26/h3,6-9,11,13-14,28H,2,4-5,10H2,1H3,(H,27,33)(H,29,34)(H,30,32)/t13-,14+/m1/s1. The summed E-state index contributed by atoms with van der Waals surface area (Å²) < 4.78 is 14.6. The lowest BCUT2D eigenvalue weighted by Gasteiger charge is -2.31. The highest BCUT2D eigenvalue weighted by Crippen LogP contribution is 2.35. The van der Waals surface area contributed by atoms with Gasteiger partial charge in [-0.25, -0.2) is 4.39 Å². The number of aromatic nitrogens is 1. The number of H-pyrrole nitrogens is 1. The normalized spacial score (nSPS) is 17.4. The molecule has 10 nitrogen and oxygen atoms in total. The van der Waals surface area contributed by atoms with E-state index >= 15 is 0 Å². The summed E-state index contributed by atoms with van der Waals surface area (Å²) in [4.78, 5) is 51.1. The van der Waals surface area contributed by atoms with Crippen molar-refractivity contribution >= 4 is 50.0 Å². The first-order chi connectivity index (χ1) is 17.2. The maximum Gasteiger partial charge on any atom is 0.294 e. The third-order valence-electron chi connectivity index (χ3n) is 6.18. The van der Waals surface area contributed by atoms with Crippen LogP contribution in [0.25, 0.3) is 10.9 Å². The lowest BCUT2D eigenvalue weighted by Crippen LogP contribution is -2.42. The number of halogens is 2. The summed E-state index contributed by atoms with van der Waals surface area (Å²) in [5.41, 5.74) is -0.579. The number of benzene rings is 2. The first kappa shape index (κ1) is 25.3. The van der Waals surface area contributed by atoms with Crippen molar-refractivity contribution in [1.82, 2.24) is 15.6 Å². The van der Waals surface area contributed by atoms with Crippen molar-refractivity contribution in [2.45, 2.75) is 37.8 Å². The molecule has 0 spiro atoms. The molecule has 0 bridgehead atoms. The van der Waals surface area contributed by atoms with E-state index in [0.29, 0.717) is 35.5 Å². The number of nitrogens with one attached hydrogen (secondary N) is 4. The van der Waals surface area contributed by atoms with E-state index in [9.17, 15) is 28.9 Å². The van der Waals surface area contributed by atoms with Gasteiger partial charge < -0.3 is 20.9 Å². The van der Waals surface area contributed by atoms with Crippen molar-refractivity contribution in [3.63, 3.8) is 0 Å². The first-order valence-corrected chi connectivity index (χ1v) is 12.1. The average molecular weight is 560 g/mol. The number of hydrogen-bond acceptors (Lipinski definition) is 6. The molecular weight excluding hydrogens is 537 g/mol. The van der Waals surface area contributed by atoms with Crippen molar-refractivity contribution < 1.29 is 18.9 Å². The van der Waals surface area contributed by atoms with E-state index in [4.69, 9.17) is 0 Å². The Morgan fingerprint density at radius 3 is 2.61 bits per heavy atom. The molecule has 3 aromatic rings. The topological polar surface area (TPSA) is 146 Å². The van der Waals surface area contributed by atoms with Crippen LogP contribution in [0.15, 0.2) is 45.7 Å². The number of carbonyl (C=O) groups excluding carboxylic acids is 2. The molecule has 1 aliphatic carbocycles. The Kier molecular flexibility index (Phi) is 7.34. The van der Waals surface area contributed by atoms with E-state index in [1.165, 1.54) is 31.3 Å². The van der Waals surface area contributed by atoms with E-state index in [1.54, 1.807) is 6.07 Å². The molecule has 1 heterocycles. The molecule has 0 radical (unpaired) electrons. The van der Waals surface area contributed by atoms with E-state index in [1.807, 2.05) is 0 Å². The van der Waals surface area contributed by atoms with Crippen LogP contribution in [0.2, 0.25) is 0 Å². The van der Waals surface area contributed by atoms with Crippen molar-refractivity contribution in [3.8, 4) is 0 Å². The molecule has 12 heteroatoms. The molecule has 1 aromatic heterocycles. The lowest BCUT2D eigenvalue weighted by molar-refractivity contribution is -0.384. The zero-order valence-electron chi connectivity index (χ0n) is 19.2. The number of nitro groups is 1. The second kappa shape index (κ2) is 10.4. The van der Waals surface area contributed by atoms with Crippen LogP contribution in [-0.4, -0.2) is 40.9 Å². The maximum atomic E-state index is 14.2. The summed E-state index contributed by atoms with van der Waals surface area (Å²) >= 11 is 3.22. The van der Waals surface area contributed by atoms with Crippen LogP contribution in [0.1, 0.15) is 46.4 Å². The van der Waals surface area contributed by atoms with Gasteiger partial charge in [-0.1, -0.05) is 28.1 Å². The second-order valence-corrected chi connectivity index (χ2v) is 9.49. The fourth-order valence-electron chi connectivity index (χ4n) is 4.55. The van der Waals surface area contributed by atoms with Gasteiger partial charge in [0.1, 0.15) is 11.5 Å². The number of aromatic amines is 1. The van der Waals surface area contributed by atoms with Gasteiger partial charge in [0.05, 0.1) is 21.6 Å². The molecular formula is C24H23BrFN5O5. The third-order valence-corrected chi connectivity index (χ3v) is 6.64. The summed E-state index contributed by atoms with van der Waals surface area (Å²) in [7, 11) is 1.44. The molecule has 1 aliphatic rings. The minimum absolute atomic E-state index is 0.0392. The van der Waals surface area contributed by atoms with Crippen LogP contribution in [0.3, 0.4) is 0 Å². The number of amides is 2. The number of nitro benzene ring substituents is 1. The van der Waals surface area contributed by atoms with Gasteiger partial charge in [-0.15, -0.1) is 0 Å².